The van der Waals surface area contributed by atoms with Crippen LogP contribution >= 0.6 is 0 Å². The molecule has 9 heteroatoms. The van der Waals surface area contributed by atoms with Gasteiger partial charge in [0.2, 0.25) is 5.95 Å². The van der Waals surface area contributed by atoms with Gasteiger partial charge in [-0.2, -0.15) is 5.26 Å². The molecule has 1 atom stereocenters. The van der Waals surface area contributed by atoms with Crippen LogP contribution in [0.5, 0.6) is 0 Å². The summed E-state index contributed by atoms with van der Waals surface area (Å²) in [6.45, 7) is 3.53. The zero-order valence-electron chi connectivity index (χ0n) is 17.3. The molecule has 1 aliphatic heterocycles. The number of carbonyl (C=O) groups excluding carboxylic acids is 1. The average molecular weight is 415 g/mol. The lowest BCUT2D eigenvalue weighted by molar-refractivity contribution is 0.0725. The molecular formula is C22H21N7O2. The third-order valence-electron chi connectivity index (χ3n) is 5.39. The number of nitriles is 1. The Morgan fingerprint density at radius 1 is 1.16 bits per heavy atom. The summed E-state index contributed by atoms with van der Waals surface area (Å²) in [6.07, 6.45) is 3.03. The fourth-order valence-electron chi connectivity index (χ4n) is 3.67. The van der Waals surface area contributed by atoms with E-state index in [1.807, 2.05) is 11.8 Å². The van der Waals surface area contributed by atoms with Crippen molar-refractivity contribution in [3.8, 4) is 17.5 Å². The maximum atomic E-state index is 12.9. The van der Waals surface area contributed by atoms with E-state index in [-0.39, 0.29) is 17.5 Å². The molecule has 1 saturated heterocycles. The topological polar surface area (TPSA) is 108 Å². The average Bonchev–Trinajstić information content (AvgIpc) is 2.81. The number of piperazine rings is 1. The molecule has 1 unspecified atom stereocenters. The predicted molar refractivity (Wildman–Crippen MR) is 114 cm³/mol. The summed E-state index contributed by atoms with van der Waals surface area (Å²) in [4.78, 5) is 42.1. The number of hydrogen-bond donors (Lipinski definition) is 0. The van der Waals surface area contributed by atoms with Crippen LogP contribution in [0.2, 0.25) is 0 Å². The second kappa shape index (κ2) is 8.36. The zero-order valence-corrected chi connectivity index (χ0v) is 17.3. The van der Waals surface area contributed by atoms with Crippen LogP contribution in [0.15, 0.2) is 53.7 Å². The first-order valence-corrected chi connectivity index (χ1v) is 9.88. The normalized spacial score (nSPS) is 16.1. The molecule has 9 nitrogen and oxygen atoms in total. The lowest BCUT2D eigenvalue weighted by Gasteiger charge is -2.40. The molecule has 0 saturated carbocycles. The number of hydrogen-bond acceptors (Lipinski definition) is 7. The van der Waals surface area contributed by atoms with Gasteiger partial charge in [0.1, 0.15) is 6.33 Å². The van der Waals surface area contributed by atoms with Crippen LogP contribution in [-0.2, 0) is 7.05 Å². The Hall–Kier alpha value is -4.06. The molecule has 0 radical (unpaired) electrons. The van der Waals surface area contributed by atoms with Gasteiger partial charge in [-0.15, -0.1) is 0 Å². The van der Waals surface area contributed by atoms with Crippen molar-refractivity contribution in [2.45, 2.75) is 13.0 Å². The molecule has 156 valence electrons. The van der Waals surface area contributed by atoms with Crippen LogP contribution in [0.3, 0.4) is 0 Å². The van der Waals surface area contributed by atoms with E-state index in [2.05, 4.69) is 21.0 Å². The highest BCUT2D eigenvalue weighted by atomic mass is 16.2. The molecule has 31 heavy (non-hydrogen) atoms. The van der Waals surface area contributed by atoms with Gasteiger partial charge in [-0.05, 0) is 37.3 Å². The molecule has 3 heterocycles. The third-order valence-corrected chi connectivity index (χ3v) is 5.39. The van der Waals surface area contributed by atoms with Gasteiger partial charge >= 0.3 is 0 Å². The van der Waals surface area contributed by atoms with Crippen molar-refractivity contribution < 1.29 is 4.79 Å². The van der Waals surface area contributed by atoms with Gasteiger partial charge in [-0.3, -0.25) is 14.2 Å². The van der Waals surface area contributed by atoms with Crippen LogP contribution in [-0.4, -0.2) is 56.0 Å². The molecular weight excluding hydrogens is 394 g/mol. The fraction of sp³-hybridized carbons (Fsp3) is 0.273. The maximum absolute atomic E-state index is 12.9. The number of nitrogens with zero attached hydrogens (tertiary/aromatic N) is 7. The summed E-state index contributed by atoms with van der Waals surface area (Å²) in [5, 5.41) is 8.93. The second-order valence-corrected chi connectivity index (χ2v) is 7.42. The Balaban J connectivity index is 1.56. The first-order chi connectivity index (χ1) is 15.0. The molecule has 0 bridgehead atoms. The van der Waals surface area contributed by atoms with Crippen molar-refractivity contribution in [1.82, 2.24) is 24.4 Å². The van der Waals surface area contributed by atoms with E-state index in [9.17, 15) is 9.59 Å². The smallest absolute Gasteiger partial charge is 0.255 e. The largest absolute Gasteiger partial charge is 0.336 e. The number of anilines is 1. The van der Waals surface area contributed by atoms with Gasteiger partial charge in [0.25, 0.3) is 11.5 Å². The lowest BCUT2D eigenvalue weighted by atomic mass is 10.1. The van der Waals surface area contributed by atoms with Crippen molar-refractivity contribution >= 4 is 11.9 Å². The van der Waals surface area contributed by atoms with Gasteiger partial charge in [-0.1, -0.05) is 0 Å². The molecule has 1 aromatic carbocycles. The van der Waals surface area contributed by atoms with Crippen LogP contribution in [0.25, 0.3) is 11.4 Å². The Morgan fingerprint density at radius 3 is 2.58 bits per heavy atom. The molecule has 0 spiro atoms. The monoisotopic (exact) mass is 415 g/mol. The number of carbonyl (C=O) groups is 1. The number of amides is 1. The molecule has 1 amide bonds. The summed E-state index contributed by atoms with van der Waals surface area (Å²) >= 11 is 0. The minimum absolute atomic E-state index is 0.0465. The highest BCUT2D eigenvalue weighted by Gasteiger charge is 2.29. The van der Waals surface area contributed by atoms with E-state index in [1.54, 1.807) is 48.5 Å². The summed E-state index contributed by atoms with van der Waals surface area (Å²) < 4.78 is 1.51. The van der Waals surface area contributed by atoms with Crippen LogP contribution in [0.4, 0.5) is 5.95 Å². The van der Waals surface area contributed by atoms with E-state index < -0.39 is 0 Å². The number of aromatic nitrogens is 4. The lowest BCUT2D eigenvalue weighted by Crippen LogP contribution is -2.55. The Bertz CT molecular complexity index is 1200. The van der Waals surface area contributed by atoms with E-state index in [0.29, 0.717) is 48.1 Å². The Kier molecular flexibility index (Phi) is 5.45. The standard InChI is InChI=1S/C22H21N7O2/c1-15-13-28(21(31)17-5-3-16(12-23)4-6-17)9-10-29(15)22-26-19(11-20(30)27(22)2)18-7-8-24-14-25-18/h3-8,11,14-15H,9-10,13H2,1-2H3. The minimum Gasteiger partial charge on any atom is -0.336 e. The summed E-state index contributed by atoms with van der Waals surface area (Å²) in [5.74, 6) is 0.464. The molecule has 2 aromatic heterocycles. The number of rotatable bonds is 3. The van der Waals surface area contributed by atoms with E-state index >= 15 is 0 Å². The molecule has 1 fully saturated rings. The van der Waals surface area contributed by atoms with Gasteiger partial charge in [0, 0.05) is 50.6 Å². The van der Waals surface area contributed by atoms with E-state index in [4.69, 9.17) is 5.26 Å². The highest BCUT2D eigenvalue weighted by Crippen LogP contribution is 2.21. The molecule has 4 rings (SSSR count). The fourth-order valence-corrected chi connectivity index (χ4v) is 3.67. The van der Waals surface area contributed by atoms with Crippen molar-refractivity contribution in [2.75, 3.05) is 24.5 Å². The second-order valence-electron chi connectivity index (χ2n) is 7.42. The Morgan fingerprint density at radius 2 is 1.94 bits per heavy atom. The van der Waals surface area contributed by atoms with Crippen LogP contribution in [0.1, 0.15) is 22.8 Å². The first-order valence-electron chi connectivity index (χ1n) is 9.88. The highest BCUT2D eigenvalue weighted by molar-refractivity contribution is 5.94. The predicted octanol–water partition coefficient (Wildman–Crippen LogP) is 1.46. The van der Waals surface area contributed by atoms with Crippen LogP contribution in [0, 0.1) is 11.3 Å². The summed E-state index contributed by atoms with van der Waals surface area (Å²) in [6, 6.07) is 11.8. The zero-order chi connectivity index (χ0) is 22.0. The third kappa shape index (κ3) is 4.00. The van der Waals surface area contributed by atoms with Gasteiger partial charge in [-0.25, -0.2) is 15.0 Å². The van der Waals surface area contributed by atoms with Crippen molar-refractivity contribution in [2.24, 2.45) is 7.05 Å². The summed E-state index contributed by atoms with van der Waals surface area (Å²) in [7, 11) is 1.69. The van der Waals surface area contributed by atoms with E-state index in [0.717, 1.165) is 0 Å². The van der Waals surface area contributed by atoms with Crippen molar-refractivity contribution in [3.63, 3.8) is 0 Å². The van der Waals surface area contributed by atoms with Crippen LogP contribution < -0.4 is 10.5 Å². The first kappa shape index (κ1) is 20.2. The molecule has 0 N–H and O–H groups in total. The minimum atomic E-state index is -0.179. The molecule has 0 aliphatic carbocycles. The molecule has 1 aliphatic rings. The van der Waals surface area contributed by atoms with Gasteiger partial charge in [0.05, 0.1) is 23.0 Å². The summed E-state index contributed by atoms with van der Waals surface area (Å²) in [5.41, 5.74) is 1.96. The SMILES string of the molecule is CC1CN(C(=O)c2ccc(C#N)cc2)CCN1c1nc(-c2ccncn2)cc(=O)n1C. The van der Waals surface area contributed by atoms with E-state index in [1.165, 1.54) is 17.0 Å². The molecule has 3 aromatic rings. The van der Waals surface area contributed by atoms with Gasteiger partial charge in [0.15, 0.2) is 0 Å². The van der Waals surface area contributed by atoms with Gasteiger partial charge < -0.3 is 9.80 Å². The Labute approximate surface area is 179 Å². The number of benzene rings is 1. The quantitative estimate of drug-likeness (QED) is 0.637. The van der Waals surface area contributed by atoms with Crippen molar-refractivity contribution in [3.05, 3.63) is 70.4 Å². The maximum Gasteiger partial charge on any atom is 0.255 e. The van der Waals surface area contributed by atoms with Crippen molar-refractivity contribution in [1.29, 1.82) is 5.26 Å².